The van der Waals surface area contributed by atoms with Crippen LogP contribution in [0.4, 0.5) is 0 Å². The molecule has 30 heteroatoms. The maximum Gasteiger partial charge on any atom is 0.326 e. The lowest BCUT2D eigenvalue weighted by Crippen LogP contribution is -2.45. The number of carboxylic acids is 2. The molecule has 3 atom stereocenters. The highest BCUT2D eigenvalue weighted by Gasteiger charge is 2.24. The van der Waals surface area contributed by atoms with Gasteiger partial charge in [-0.1, -0.05) is 89.2 Å². The fourth-order valence-electron chi connectivity index (χ4n) is 8.44. The first-order valence-electron chi connectivity index (χ1n) is 31.6. The first kappa shape index (κ1) is 82.5. The molecule has 0 aliphatic heterocycles. The number of aliphatic hydroxyl groups excluding tert-OH is 1. The number of hydrogen-bond acceptors (Lipinski definition) is 21. The number of ether oxygens (including phenoxy) is 8. The maximum atomic E-state index is 12.6. The molecule has 0 radical (unpaired) electrons. The molecular weight excluding hydrogens is 1200 g/mol. The fourth-order valence-corrected chi connectivity index (χ4v) is 8.44. The molecule has 0 saturated heterocycles. The van der Waals surface area contributed by atoms with Crippen LogP contribution in [0.3, 0.4) is 0 Å². The Labute approximate surface area is 533 Å². The van der Waals surface area contributed by atoms with Crippen molar-refractivity contribution in [3.8, 4) is 5.75 Å². The quantitative estimate of drug-likeness (QED) is 0.0240. The number of hydrogen-bond donors (Lipinski definition) is 12. The summed E-state index contributed by atoms with van der Waals surface area (Å²) < 4.78 is 42.6. The second kappa shape index (κ2) is 57.4. The lowest BCUT2D eigenvalue weighted by molar-refractivity contribution is -0.142. The summed E-state index contributed by atoms with van der Waals surface area (Å²) in [5, 5.41) is 65.2. The van der Waals surface area contributed by atoms with E-state index in [1.165, 1.54) is 37.8 Å². The van der Waals surface area contributed by atoms with Gasteiger partial charge in [0.15, 0.2) is 6.29 Å². The van der Waals surface area contributed by atoms with Crippen LogP contribution in [0.25, 0.3) is 0 Å². The normalized spacial score (nSPS) is 12.1. The number of unbranched alkanes of at least 4 members (excludes halogenated alkanes) is 13. The number of benzene rings is 1. The number of aldehydes is 1. The molecule has 91 heavy (non-hydrogen) atoms. The zero-order chi connectivity index (χ0) is 66.8. The Hall–Kier alpha value is -6.48. The van der Waals surface area contributed by atoms with E-state index in [9.17, 15) is 68.4 Å². The molecule has 0 unspecified atom stereocenters. The van der Waals surface area contributed by atoms with Crippen molar-refractivity contribution in [3.63, 3.8) is 0 Å². The van der Waals surface area contributed by atoms with Crippen LogP contribution in [0.15, 0.2) is 24.3 Å². The van der Waals surface area contributed by atoms with Crippen LogP contribution in [0, 0.1) is 0 Å². The molecule has 0 bridgehead atoms. The van der Waals surface area contributed by atoms with Gasteiger partial charge in [0, 0.05) is 51.9 Å². The van der Waals surface area contributed by atoms with E-state index in [-0.39, 0.29) is 200 Å². The van der Waals surface area contributed by atoms with E-state index in [0.717, 1.165) is 63.4 Å². The molecule has 7 amide bonds. The van der Waals surface area contributed by atoms with Gasteiger partial charge in [-0.05, 0) is 49.8 Å². The fraction of sp³-hybridized carbons (Fsp3) is 0.738. The third-order valence-electron chi connectivity index (χ3n) is 13.3. The second-order valence-electron chi connectivity index (χ2n) is 21.2. The highest BCUT2D eigenvalue weighted by Crippen LogP contribution is 2.15. The SMILES string of the molecule is O=C[C@H](Cc1ccc(O)cc1)NC(=O)COCCOCCNC(=O)COCCOCCNC(=O)COCCOCCNC(=O)COCCOCCNC(=O)CC[C@@H](NC(=O)CC[C@H](NC(=O)CCCCCCCCCCCCCCCCC(=O)O)C(=O)O)C(O)O. The third-order valence-corrected chi connectivity index (χ3v) is 13.3. The molecular formula is C61H103N7O23. The zero-order valence-corrected chi connectivity index (χ0v) is 52.8. The van der Waals surface area contributed by atoms with Gasteiger partial charge < -0.3 is 105 Å². The third kappa shape index (κ3) is 52.8. The topological polar surface area (TPSA) is 430 Å². The van der Waals surface area contributed by atoms with Crippen LogP contribution in [0.1, 0.15) is 134 Å². The van der Waals surface area contributed by atoms with E-state index in [0.29, 0.717) is 12.7 Å². The molecule has 1 rings (SSSR count). The first-order valence-corrected chi connectivity index (χ1v) is 31.6. The van der Waals surface area contributed by atoms with Crippen molar-refractivity contribution in [2.75, 3.05) is 132 Å². The minimum Gasteiger partial charge on any atom is -0.508 e. The summed E-state index contributed by atoms with van der Waals surface area (Å²) in [5.41, 5.74) is 0.775. The van der Waals surface area contributed by atoms with Crippen LogP contribution in [0.5, 0.6) is 5.75 Å². The highest BCUT2D eigenvalue weighted by molar-refractivity contribution is 5.85. The van der Waals surface area contributed by atoms with Crippen molar-refractivity contribution in [3.05, 3.63) is 29.8 Å². The summed E-state index contributed by atoms with van der Waals surface area (Å²) >= 11 is 0. The Morgan fingerprint density at radius 2 is 0.758 bits per heavy atom. The Bertz CT molecular complexity index is 2150. The average Bonchev–Trinajstić information content (AvgIpc) is 2.95. The number of aliphatic hydroxyl groups is 2. The van der Waals surface area contributed by atoms with Crippen molar-refractivity contribution >= 4 is 59.6 Å². The number of carbonyl (C=O) groups is 10. The summed E-state index contributed by atoms with van der Waals surface area (Å²) in [6.45, 7) is 1.87. The Balaban J connectivity index is 1.94. The van der Waals surface area contributed by atoms with Crippen LogP contribution in [-0.2, 0) is 92.3 Å². The largest absolute Gasteiger partial charge is 0.508 e. The predicted octanol–water partition coefficient (Wildman–Crippen LogP) is 0.467. The molecule has 0 spiro atoms. The van der Waals surface area contributed by atoms with Gasteiger partial charge in [-0.25, -0.2) is 4.79 Å². The first-order chi connectivity index (χ1) is 44.0. The van der Waals surface area contributed by atoms with Gasteiger partial charge in [-0.3, -0.25) is 38.4 Å². The number of carbonyl (C=O) groups excluding carboxylic acids is 8. The zero-order valence-electron chi connectivity index (χ0n) is 52.8. The maximum absolute atomic E-state index is 12.6. The number of nitrogens with one attached hydrogen (secondary N) is 7. The van der Waals surface area contributed by atoms with Gasteiger partial charge in [0.25, 0.3) is 0 Å². The van der Waals surface area contributed by atoms with Crippen molar-refractivity contribution in [2.45, 2.75) is 159 Å². The summed E-state index contributed by atoms with van der Waals surface area (Å²) in [7, 11) is 0. The monoisotopic (exact) mass is 1300 g/mol. The van der Waals surface area contributed by atoms with Crippen molar-refractivity contribution in [1.29, 1.82) is 0 Å². The lowest BCUT2D eigenvalue weighted by Gasteiger charge is -2.21. The van der Waals surface area contributed by atoms with Crippen LogP contribution in [0.2, 0.25) is 0 Å². The number of amides is 7. The molecule has 520 valence electrons. The van der Waals surface area contributed by atoms with Gasteiger partial charge >= 0.3 is 11.9 Å². The number of aromatic hydroxyl groups is 1. The van der Waals surface area contributed by atoms with Gasteiger partial charge in [0.1, 0.15) is 44.5 Å². The average molecular weight is 1300 g/mol. The minimum absolute atomic E-state index is 0.0967. The molecule has 12 N–H and O–H groups in total. The molecule has 0 aliphatic rings. The van der Waals surface area contributed by atoms with Crippen LogP contribution in [-0.4, -0.2) is 241 Å². The number of phenols is 1. The van der Waals surface area contributed by atoms with Gasteiger partial charge in [0.05, 0.1) is 91.4 Å². The van der Waals surface area contributed by atoms with E-state index in [4.69, 9.17) is 43.0 Å². The van der Waals surface area contributed by atoms with E-state index in [1.807, 2.05) is 0 Å². The van der Waals surface area contributed by atoms with E-state index >= 15 is 0 Å². The van der Waals surface area contributed by atoms with E-state index in [2.05, 4.69) is 37.2 Å². The van der Waals surface area contributed by atoms with Crippen LogP contribution < -0.4 is 37.2 Å². The van der Waals surface area contributed by atoms with Crippen molar-refractivity contribution in [2.24, 2.45) is 0 Å². The number of carboxylic acid groups (broad SMARTS) is 2. The molecule has 0 aliphatic carbocycles. The summed E-state index contributed by atoms with van der Waals surface area (Å²) in [5.74, 6) is -5.03. The van der Waals surface area contributed by atoms with E-state index < -0.39 is 60.0 Å². The smallest absolute Gasteiger partial charge is 0.326 e. The summed E-state index contributed by atoms with van der Waals surface area (Å²) in [4.78, 5) is 119. The molecule has 0 aromatic heterocycles. The van der Waals surface area contributed by atoms with Gasteiger partial charge in [0.2, 0.25) is 41.4 Å². The molecule has 1 aromatic rings. The highest BCUT2D eigenvalue weighted by atomic mass is 16.5. The second-order valence-corrected chi connectivity index (χ2v) is 21.2. The lowest BCUT2D eigenvalue weighted by atomic mass is 10.0. The molecule has 0 fully saturated rings. The number of phenolic OH excluding ortho intramolecular Hbond substituents is 1. The molecule has 0 saturated carbocycles. The predicted molar refractivity (Wildman–Crippen MR) is 328 cm³/mol. The van der Waals surface area contributed by atoms with Crippen molar-refractivity contribution < 1.29 is 111 Å². The Morgan fingerprint density at radius 1 is 0.396 bits per heavy atom. The summed E-state index contributed by atoms with van der Waals surface area (Å²) in [6.07, 6.45) is 12.9. The standard InChI is InChI=1S/C61H103N7O23/c69-42-48(41-47-17-19-49(70)20-18-47)66-58(77)46-91-40-36-87-32-28-65-57(76)45-90-39-35-86-31-27-64-56(75)44-89-38-34-85-30-26-63-55(74)43-88-37-33-84-29-25-62-52(71)23-21-50(60(80)81)68-54(73)24-22-51(61(82)83)67-53(72)15-13-11-9-7-5-3-1-2-4-6-8-10-12-14-16-59(78)79/h17-20,42,48,50-51,60,70,80-81H,1-16,21-41,43-46H2,(H,62,71)(H,63,74)(H,64,75)(H,65,76)(H,66,77)(H,67,72)(H,68,73)(H,78,79)(H,82,83)/t48-,50+,51-/m0/s1. The van der Waals surface area contributed by atoms with Crippen molar-refractivity contribution in [1.82, 2.24) is 37.2 Å². The Morgan fingerprint density at radius 3 is 1.15 bits per heavy atom. The van der Waals surface area contributed by atoms with Crippen LogP contribution >= 0.6 is 0 Å². The summed E-state index contributed by atoms with van der Waals surface area (Å²) in [6, 6.07) is 3.05. The number of aliphatic carboxylic acids is 2. The molecule has 0 heterocycles. The molecule has 30 nitrogen and oxygen atoms in total. The van der Waals surface area contributed by atoms with Gasteiger partial charge in [-0.2, -0.15) is 0 Å². The molecule has 1 aromatic carbocycles. The number of rotatable bonds is 63. The minimum atomic E-state index is -2.00. The van der Waals surface area contributed by atoms with Gasteiger partial charge in [-0.15, -0.1) is 0 Å². The Kier molecular flexibility index (Phi) is 52.1. The van der Waals surface area contributed by atoms with E-state index in [1.54, 1.807) is 12.1 Å².